The summed E-state index contributed by atoms with van der Waals surface area (Å²) in [4.78, 5) is 14.4. The molecule has 1 amide bonds. The first-order valence-corrected chi connectivity index (χ1v) is 9.61. The number of carbonyl (C=O) groups is 1. The Labute approximate surface area is 171 Å². The van der Waals surface area contributed by atoms with Gasteiger partial charge in [-0.1, -0.05) is 59.9 Å². The van der Waals surface area contributed by atoms with E-state index in [2.05, 4.69) is 6.58 Å². The van der Waals surface area contributed by atoms with Gasteiger partial charge >= 0.3 is 0 Å². The topological polar surface area (TPSA) is 29.5 Å². The van der Waals surface area contributed by atoms with E-state index in [9.17, 15) is 9.18 Å². The SMILES string of the molecule is C=CCN1C(=O)C(=Cc2ccc(OCc3ccc(F)cc3)c(Cl)c2)SC1=S. The lowest BCUT2D eigenvalue weighted by atomic mass is 10.2. The van der Waals surface area contributed by atoms with Crippen molar-refractivity contribution in [2.24, 2.45) is 0 Å². The van der Waals surface area contributed by atoms with Gasteiger partial charge in [-0.25, -0.2) is 4.39 Å². The van der Waals surface area contributed by atoms with Gasteiger partial charge in [0, 0.05) is 6.54 Å². The molecule has 2 aromatic carbocycles. The van der Waals surface area contributed by atoms with E-state index in [-0.39, 0.29) is 18.3 Å². The zero-order chi connectivity index (χ0) is 19.4. The number of benzene rings is 2. The number of hydrogen-bond acceptors (Lipinski definition) is 4. The van der Waals surface area contributed by atoms with E-state index >= 15 is 0 Å². The van der Waals surface area contributed by atoms with Crippen LogP contribution in [0.5, 0.6) is 5.75 Å². The Morgan fingerprint density at radius 3 is 2.67 bits per heavy atom. The third kappa shape index (κ3) is 4.77. The predicted octanol–water partition coefficient (Wildman–Crippen LogP) is 5.45. The molecule has 1 aliphatic heterocycles. The van der Waals surface area contributed by atoms with Crippen LogP contribution in [0.1, 0.15) is 11.1 Å². The molecule has 1 saturated heterocycles. The summed E-state index contributed by atoms with van der Waals surface area (Å²) in [5.74, 6) is 0.0784. The summed E-state index contributed by atoms with van der Waals surface area (Å²) in [5, 5.41) is 0.424. The highest BCUT2D eigenvalue weighted by Crippen LogP contribution is 2.34. The van der Waals surface area contributed by atoms with E-state index in [1.54, 1.807) is 36.4 Å². The molecule has 1 fully saturated rings. The molecule has 0 N–H and O–H groups in total. The van der Waals surface area contributed by atoms with Gasteiger partial charge in [0.25, 0.3) is 5.91 Å². The molecule has 0 unspecified atom stereocenters. The number of amides is 1. The lowest BCUT2D eigenvalue weighted by Gasteiger charge is -2.10. The van der Waals surface area contributed by atoms with Gasteiger partial charge in [-0.15, -0.1) is 6.58 Å². The van der Waals surface area contributed by atoms with Gasteiger partial charge in [-0.05, 0) is 41.5 Å². The summed E-state index contributed by atoms with van der Waals surface area (Å²) in [5.41, 5.74) is 1.61. The van der Waals surface area contributed by atoms with Crippen molar-refractivity contribution >= 4 is 51.9 Å². The highest BCUT2D eigenvalue weighted by Gasteiger charge is 2.30. The van der Waals surface area contributed by atoms with Crippen LogP contribution in [-0.4, -0.2) is 21.7 Å². The minimum Gasteiger partial charge on any atom is -0.487 e. The van der Waals surface area contributed by atoms with Crippen molar-refractivity contribution in [3.8, 4) is 5.75 Å². The average molecular weight is 420 g/mol. The van der Waals surface area contributed by atoms with Gasteiger partial charge in [0.15, 0.2) is 0 Å². The Kier molecular flexibility index (Phi) is 6.31. The van der Waals surface area contributed by atoms with Gasteiger partial charge in [0.2, 0.25) is 0 Å². The summed E-state index contributed by atoms with van der Waals surface area (Å²) in [6, 6.07) is 11.3. The Balaban J connectivity index is 1.71. The minimum atomic E-state index is -0.292. The first kappa shape index (κ1) is 19.6. The van der Waals surface area contributed by atoms with Crippen LogP contribution < -0.4 is 4.74 Å². The molecule has 0 saturated carbocycles. The largest absolute Gasteiger partial charge is 0.487 e. The molecule has 0 radical (unpaired) electrons. The summed E-state index contributed by atoms with van der Waals surface area (Å²) in [6.45, 7) is 4.30. The molecule has 0 aromatic heterocycles. The molecule has 0 spiro atoms. The van der Waals surface area contributed by atoms with Crippen molar-refractivity contribution < 1.29 is 13.9 Å². The van der Waals surface area contributed by atoms with Gasteiger partial charge < -0.3 is 4.74 Å². The van der Waals surface area contributed by atoms with E-state index in [0.29, 0.717) is 26.5 Å². The van der Waals surface area contributed by atoms with Gasteiger partial charge in [0.1, 0.15) is 22.5 Å². The average Bonchev–Trinajstić information content (AvgIpc) is 2.90. The molecule has 1 aliphatic rings. The molecule has 0 bridgehead atoms. The number of nitrogens with zero attached hydrogens (tertiary/aromatic N) is 1. The molecule has 2 aromatic rings. The predicted molar refractivity (Wildman–Crippen MR) is 112 cm³/mol. The maximum Gasteiger partial charge on any atom is 0.266 e. The molecule has 7 heteroatoms. The van der Waals surface area contributed by atoms with E-state index in [1.165, 1.54) is 28.8 Å². The van der Waals surface area contributed by atoms with Crippen molar-refractivity contribution in [2.75, 3.05) is 6.54 Å². The Morgan fingerprint density at radius 2 is 2.00 bits per heavy atom. The normalized spacial score (nSPS) is 15.5. The van der Waals surface area contributed by atoms with Crippen molar-refractivity contribution in [3.63, 3.8) is 0 Å². The van der Waals surface area contributed by atoms with E-state index in [0.717, 1.165) is 11.1 Å². The lowest BCUT2D eigenvalue weighted by molar-refractivity contribution is -0.121. The molecule has 3 nitrogen and oxygen atoms in total. The second-order valence-electron chi connectivity index (χ2n) is 5.69. The van der Waals surface area contributed by atoms with Gasteiger partial charge in [0.05, 0.1) is 9.93 Å². The van der Waals surface area contributed by atoms with Crippen LogP contribution in [0.15, 0.2) is 60.0 Å². The molecule has 3 rings (SSSR count). The third-order valence-electron chi connectivity index (χ3n) is 3.75. The highest BCUT2D eigenvalue weighted by atomic mass is 35.5. The first-order valence-electron chi connectivity index (χ1n) is 8.01. The van der Waals surface area contributed by atoms with Crippen LogP contribution in [0.2, 0.25) is 5.02 Å². The fourth-order valence-electron chi connectivity index (χ4n) is 2.40. The highest BCUT2D eigenvalue weighted by molar-refractivity contribution is 8.26. The fourth-order valence-corrected chi connectivity index (χ4v) is 3.92. The van der Waals surface area contributed by atoms with Crippen molar-refractivity contribution in [1.29, 1.82) is 0 Å². The van der Waals surface area contributed by atoms with Crippen LogP contribution in [0, 0.1) is 5.82 Å². The quantitative estimate of drug-likeness (QED) is 0.354. The third-order valence-corrected chi connectivity index (χ3v) is 5.42. The van der Waals surface area contributed by atoms with Crippen LogP contribution in [0.3, 0.4) is 0 Å². The smallest absolute Gasteiger partial charge is 0.266 e. The standard InChI is InChI=1S/C20H15ClFNO2S2/c1-2-9-23-19(24)18(27-20(23)26)11-14-5-8-17(16(21)10-14)25-12-13-3-6-15(22)7-4-13/h2-8,10-11H,1,9,12H2. The van der Waals surface area contributed by atoms with E-state index in [1.807, 2.05) is 6.07 Å². The summed E-state index contributed by atoms with van der Waals surface area (Å²) >= 11 is 12.8. The molecule has 0 aliphatic carbocycles. The summed E-state index contributed by atoms with van der Waals surface area (Å²) in [7, 11) is 0. The number of thioether (sulfide) groups is 1. The van der Waals surface area contributed by atoms with E-state index < -0.39 is 0 Å². The second-order valence-corrected chi connectivity index (χ2v) is 7.77. The van der Waals surface area contributed by atoms with Crippen LogP contribution in [0.25, 0.3) is 6.08 Å². The number of rotatable bonds is 6. The summed E-state index contributed by atoms with van der Waals surface area (Å²) in [6.07, 6.45) is 3.38. The number of halogens is 2. The monoisotopic (exact) mass is 419 g/mol. The number of carbonyl (C=O) groups excluding carboxylic acids is 1. The van der Waals surface area contributed by atoms with E-state index in [4.69, 9.17) is 28.6 Å². The number of ether oxygens (including phenoxy) is 1. The van der Waals surface area contributed by atoms with Crippen molar-refractivity contribution in [3.05, 3.63) is 82.0 Å². The number of hydrogen-bond donors (Lipinski definition) is 0. The lowest BCUT2D eigenvalue weighted by Crippen LogP contribution is -2.27. The molecular formula is C20H15ClFNO2S2. The Morgan fingerprint density at radius 1 is 1.26 bits per heavy atom. The fraction of sp³-hybridized carbons (Fsp3) is 0.100. The van der Waals surface area contributed by atoms with Crippen LogP contribution >= 0.6 is 35.6 Å². The van der Waals surface area contributed by atoms with Crippen molar-refractivity contribution in [2.45, 2.75) is 6.61 Å². The number of thiocarbonyl (C=S) groups is 1. The Hall–Kier alpha value is -2.15. The maximum absolute atomic E-state index is 12.9. The molecule has 27 heavy (non-hydrogen) atoms. The maximum atomic E-state index is 12.9. The zero-order valence-corrected chi connectivity index (χ0v) is 16.5. The molecule has 138 valence electrons. The van der Waals surface area contributed by atoms with Crippen LogP contribution in [-0.2, 0) is 11.4 Å². The molecular weight excluding hydrogens is 405 g/mol. The first-order chi connectivity index (χ1) is 13.0. The molecule has 1 heterocycles. The Bertz CT molecular complexity index is 928. The van der Waals surface area contributed by atoms with Crippen LogP contribution in [0.4, 0.5) is 4.39 Å². The second kappa shape index (κ2) is 8.69. The minimum absolute atomic E-state index is 0.141. The van der Waals surface area contributed by atoms with Crippen molar-refractivity contribution in [1.82, 2.24) is 4.90 Å². The zero-order valence-electron chi connectivity index (χ0n) is 14.2. The van der Waals surface area contributed by atoms with Gasteiger partial charge in [-0.3, -0.25) is 9.69 Å². The van der Waals surface area contributed by atoms with Gasteiger partial charge in [-0.2, -0.15) is 0 Å². The molecule has 0 atom stereocenters. The summed E-state index contributed by atoms with van der Waals surface area (Å²) < 4.78 is 19.1.